The van der Waals surface area contributed by atoms with Gasteiger partial charge in [0.1, 0.15) is 0 Å². The van der Waals surface area contributed by atoms with Crippen LogP contribution in [-0.4, -0.2) is 4.86 Å². The Kier molecular flexibility index (Phi) is 2.98. The fourth-order valence-corrected chi connectivity index (χ4v) is 4.73. The van der Waals surface area contributed by atoms with Crippen molar-refractivity contribution in [2.45, 2.75) is 19.3 Å². The van der Waals surface area contributed by atoms with E-state index in [1.807, 2.05) is 19.1 Å². The van der Waals surface area contributed by atoms with Gasteiger partial charge in [0.05, 0.1) is 17.1 Å². The van der Waals surface area contributed by atoms with Gasteiger partial charge in [-0.2, -0.15) is 5.26 Å². The number of hydrogen-bond acceptors (Lipinski definition) is 2. The maximum Gasteiger partial charge on any atom is 0.0991 e. The van der Waals surface area contributed by atoms with Crippen LogP contribution in [0.3, 0.4) is 0 Å². The van der Waals surface area contributed by atoms with Crippen LogP contribution >= 0.6 is 12.2 Å². The minimum absolute atomic E-state index is 0.247. The first-order chi connectivity index (χ1) is 11.4. The molecule has 0 N–H and O–H groups in total. The normalized spacial score (nSPS) is 28.6. The Morgan fingerprint density at radius 2 is 1.96 bits per heavy atom. The van der Waals surface area contributed by atoms with Crippen molar-refractivity contribution < 1.29 is 0 Å². The average molecular weight is 327 g/mol. The monoisotopic (exact) mass is 327 g/mol. The summed E-state index contributed by atoms with van der Waals surface area (Å²) in [6.07, 6.45) is 3.76. The second-order valence-corrected chi connectivity index (χ2v) is 7.27. The third-order valence-electron chi connectivity index (χ3n) is 5.25. The molecule has 2 saturated carbocycles. The van der Waals surface area contributed by atoms with E-state index in [2.05, 4.69) is 50.4 Å². The van der Waals surface area contributed by atoms with Crippen molar-refractivity contribution in [3.05, 3.63) is 94.1 Å². The van der Waals surface area contributed by atoms with Crippen LogP contribution < -0.4 is 0 Å². The van der Waals surface area contributed by atoms with E-state index in [1.54, 1.807) is 0 Å². The molecule has 3 aliphatic rings. The van der Waals surface area contributed by atoms with Crippen LogP contribution in [0.15, 0.2) is 83.0 Å². The van der Waals surface area contributed by atoms with Crippen molar-refractivity contribution in [1.29, 1.82) is 5.26 Å². The van der Waals surface area contributed by atoms with E-state index in [0.717, 1.165) is 21.6 Å². The average Bonchev–Trinajstić information content (AvgIpc) is 3.17. The molecule has 0 spiro atoms. The Labute approximate surface area is 148 Å². The summed E-state index contributed by atoms with van der Waals surface area (Å²) in [6, 6.07) is 10.8. The van der Waals surface area contributed by atoms with E-state index in [-0.39, 0.29) is 5.41 Å². The van der Waals surface area contributed by atoms with Gasteiger partial charge < -0.3 is 0 Å². The SMILES string of the molecule is C=C(C)/C=C(C#N)\C=C1/C(=C)C2(c3ccc(C)cc3)C(=S)C3=C1C32. The summed E-state index contributed by atoms with van der Waals surface area (Å²) in [6.45, 7) is 12.2. The maximum absolute atomic E-state index is 9.39. The summed E-state index contributed by atoms with van der Waals surface area (Å²) in [5, 5.41) is 9.39. The number of thiocarbonyl (C=S) groups is 1. The van der Waals surface area contributed by atoms with Crippen molar-refractivity contribution in [3.63, 3.8) is 0 Å². The molecule has 1 nitrogen and oxygen atoms in total. The van der Waals surface area contributed by atoms with Gasteiger partial charge >= 0.3 is 0 Å². The molecule has 116 valence electrons. The molecule has 2 heteroatoms. The Morgan fingerprint density at radius 1 is 1.29 bits per heavy atom. The highest BCUT2D eigenvalue weighted by Crippen LogP contribution is 2.77. The zero-order valence-electron chi connectivity index (χ0n) is 13.8. The van der Waals surface area contributed by atoms with Gasteiger partial charge in [-0.1, -0.05) is 60.8 Å². The molecule has 0 heterocycles. The molecule has 3 aliphatic carbocycles. The number of hydrogen-bond donors (Lipinski definition) is 0. The number of nitrogens with zero attached hydrogens (tertiary/aromatic N) is 1. The largest absolute Gasteiger partial charge is 0.192 e. The van der Waals surface area contributed by atoms with Crippen LogP contribution in [0.2, 0.25) is 0 Å². The van der Waals surface area contributed by atoms with Crippen molar-refractivity contribution in [1.82, 2.24) is 0 Å². The van der Waals surface area contributed by atoms with Gasteiger partial charge in [0.2, 0.25) is 0 Å². The molecule has 2 atom stereocenters. The topological polar surface area (TPSA) is 23.8 Å². The molecule has 1 aromatic carbocycles. The molecule has 1 aromatic rings. The van der Waals surface area contributed by atoms with E-state index < -0.39 is 0 Å². The lowest BCUT2D eigenvalue weighted by molar-refractivity contribution is 0.608. The fraction of sp³-hybridized carbons (Fsp3) is 0.182. The quantitative estimate of drug-likeness (QED) is 0.440. The Hall–Kier alpha value is -2.50. The number of allylic oxidation sites excluding steroid dienone is 8. The standard InChI is InChI=1S/C22H17NS/c1-12(2)9-15(11-23)10-17-14(4)22(16-7-5-13(3)6-8-16)20-18(17)19(20)21(22)24/h5-10,20H,1,4H2,2-3H3/b15-9+,17-10+. The van der Waals surface area contributed by atoms with Crippen LogP contribution in [0.5, 0.6) is 0 Å². The van der Waals surface area contributed by atoms with Crippen LogP contribution in [0.1, 0.15) is 18.1 Å². The summed E-state index contributed by atoms with van der Waals surface area (Å²) in [5.74, 6) is 0.385. The van der Waals surface area contributed by atoms with Crippen LogP contribution in [-0.2, 0) is 5.41 Å². The zero-order valence-corrected chi connectivity index (χ0v) is 14.6. The molecule has 2 unspecified atom stereocenters. The minimum atomic E-state index is -0.247. The highest BCUT2D eigenvalue weighted by molar-refractivity contribution is 7.81. The first kappa shape index (κ1) is 15.1. The van der Waals surface area contributed by atoms with Gasteiger partial charge in [-0.05, 0) is 53.9 Å². The second-order valence-electron chi connectivity index (χ2n) is 6.86. The summed E-state index contributed by atoms with van der Waals surface area (Å²) in [4.78, 5) is 1.02. The first-order valence-corrected chi connectivity index (χ1v) is 8.39. The molecule has 0 saturated heterocycles. The summed E-state index contributed by atoms with van der Waals surface area (Å²) < 4.78 is 0. The molecule has 24 heavy (non-hydrogen) atoms. The number of benzene rings is 1. The van der Waals surface area contributed by atoms with E-state index in [1.165, 1.54) is 22.3 Å². The number of nitriles is 1. The minimum Gasteiger partial charge on any atom is -0.192 e. The Morgan fingerprint density at radius 3 is 2.54 bits per heavy atom. The molecule has 2 fully saturated rings. The molecule has 0 amide bonds. The molecule has 0 aromatic heterocycles. The van der Waals surface area contributed by atoms with Gasteiger partial charge in [0.25, 0.3) is 0 Å². The zero-order chi connectivity index (χ0) is 17.2. The van der Waals surface area contributed by atoms with Gasteiger partial charge in [0, 0.05) is 10.8 Å². The van der Waals surface area contributed by atoms with Crippen molar-refractivity contribution >= 4 is 17.1 Å². The number of aryl methyl sites for hydroxylation is 1. The fourth-order valence-electron chi connectivity index (χ4n) is 4.14. The predicted molar refractivity (Wildman–Crippen MR) is 102 cm³/mol. The predicted octanol–water partition coefficient (Wildman–Crippen LogP) is 5.07. The van der Waals surface area contributed by atoms with E-state index >= 15 is 0 Å². The molecular weight excluding hydrogens is 310 g/mol. The van der Waals surface area contributed by atoms with Crippen LogP contribution in [0.25, 0.3) is 0 Å². The first-order valence-electron chi connectivity index (χ1n) is 7.98. The molecule has 4 rings (SSSR count). The van der Waals surface area contributed by atoms with Gasteiger partial charge in [0.15, 0.2) is 0 Å². The Balaban J connectivity index is 1.82. The molecular formula is C22H17NS. The summed E-state index contributed by atoms with van der Waals surface area (Å²) >= 11 is 5.73. The smallest absolute Gasteiger partial charge is 0.0991 e. The molecule has 0 bridgehead atoms. The van der Waals surface area contributed by atoms with E-state index in [4.69, 9.17) is 12.2 Å². The lowest BCUT2D eigenvalue weighted by atomic mass is 9.60. The molecule has 0 aliphatic heterocycles. The van der Waals surface area contributed by atoms with Gasteiger partial charge in [-0.15, -0.1) is 0 Å². The van der Waals surface area contributed by atoms with E-state index in [9.17, 15) is 5.26 Å². The summed E-state index contributed by atoms with van der Waals surface area (Å²) in [7, 11) is 0. The third kappa shape index (κ3) is 1.66. The Bertz CT molecular complexity index is 976. The van der Waals surface area contributed by atoms with Gasteiger partial charge in [-0.3, -0.25) is 0 Å². The second kappa shape index (κ2) is 4.75. The maximum atomic E-state index is 9.39. The molecule has 0 radical (unpaired) electrons. The van der Waals surface area contributed by atoms with Gasteiger partial charge in [-0.25, -0.2) is 0 Å². The van der Waals surface area contributed by atoms with Crippen molar-refractivity contribution in [2.75, 3.05) is 0 Å². The lowest BCUT2D eigenvalue weighted by Crippen LogP contribution is -2.46. The third-order valence-corrected chi connectivity index (χ3v) is 5.79. The lowest BCUT2D eigenvalue weighted by Gasteiger charge is -2.42. The van der Waals surface area contributed by atoms with Crippen LogP contribution in [0, 0.1) is 24.2 Å². The highest BCUT2D eigenvalue weighted by atomic mass is 32.1. The number of rotatable bonds is 3. The summed E-state index contributed by atoms with van der Waals surface area (Å²) in [5.41, 5.74) is 8.42. The van der Waals surface area contributed by atoms with Crippen molar-refractivity contribution in [2.24, 2.45) is 5.92 Å². The highest BCUT2D eigenvalue weighted by Gasteiger charge is 2.74. The van der Waals surface area contributed by atoms with Crippen LogP contribution in [0.4, 0.5) is 0 Å². The van der Waals surface area contributed by atoms with E-state index in [0.29, 0.717) is 11.5 Å². The van der Waals surface area contributed by atoms with Crippen molar-refractivity contribution in [3.8, 4) is 6.07 Å².